The summed E-state index contributed by atoms with van der Waals surface area (Å²) in [6.45, 7) is 4.86. The van der Waals surface area contributed by atoms with Crippen molar-refractivity contribution < 1.29 is 48.0 Å². The van der Waals surface area contributed by atoms with Gasteiger partial charge in [0.25, 0.3) is 0 Å². The summed E-state index contributed by atoms with van der Waals surface area (Å²) in [6, 6.07) is 0. The molecule has 0 fully saturated rings. The van der Waals surface area contributed by atoms with E-state index in [1.54, 1.807) is 14.4 Å². The molecule has 0 spiro atoms. The Bertz CT molecular complexity index is 471. The molecule has 1 atom stereocenters. The van der Waals surface area contributed by atoms with E-state index in [0.29, 0.717) is 3.12 Å². The van der Waals surface area contributed by atoms with Gasteiger partial charge in [-0.25, -0.2) is 0 Å². The Labute approximate surface area is 140 Å². The Morgan fingerprint density at radius 2 is 1.89 bits per heavy atom. The molecule has 102 valence electrons. The molecule has 0 amide bonds. The quantitative estimate of drug-likeness (QED) is 0.578. The smallest absolute Gasteiger partial charge is 1.00 e. The predicted octanol–water partition coefficient (Wildman–Crippen LogP) is -1.07. The second kappa shape index (κ2) is 6.92. The topological polar surface area (TPSA) is 0 Å². The van der Waals surface area contributed by atoms with Crippen LogP contribution in [0.1, 0.15) is 46.0 Å². The first-order valence-electron chi connectivity index (χ1n) is 6.75. The van der Waals surface area contributed by atoms with Crippen LogP contribution in [0, 0.1) is 0 Å². The standard InChI is InChI=1S/C11H15.C5H5.2ClH.Zr/c1-8-7-9(2)11-6-4-3-5-10(8)11;1-2-4-5-3-1;;;/h7H,3-6H2,1-2H3;1-3H,4H2;2*1H;/q;;;;+2/p-2. The van der Waals surface area contributed by atoms with Crippen LogP contribution in [0.25, 0.3) is 0 Å². The second-order valence-corrected chi connectivity index (χ2v) is 10.4. The fourth-order valence-corrected chi connectivity index (χ4v) is 7.89. The molecule has 0 aromatic rings. The van der Waals surface area contributed by atoms with Gasteiger partial charge in [-0.1, -0.05) is 0 Å². The number of hydrogen-bond acceptors (Lipinski definition) is 0. The van der Waals surface area contributed by atoms with Gasteiger partial charge in [-0.15, -0.1) is 0 Å². The minimum atomic E-state index is -0.478. The maximum atomic E-state index is 2.62. The third-order valence-electron chi connectivity index (χ3n) is 4.27. The zero-order valence-electron chi connectivity index (χ0n) is 11.6. The van der Waals surface area contributed by atoms with Gasteiger partial charge in [-0.2, -0.15) is 0 Å². The summed E-state index contributed by atoms with van der Waals surface area (Å²) in [4.78, 5) is 0. The zero-order valence-corrected chi connectivity index (χ0v) is 15.6. The molecule has 0 aromatic carbocycles. The molecule has 0 heterocycles. The van der Waals surface area contributed by atoms with Gasteiger partial charge in [0.2, 0.25) is 0 Å². The minimum absolute atomic E-state index is 0. The summed E-state index contributed by atoms with van der Waals surface area (Å²) in [5.74, 6) is 0. The van der Waals surface area contributed by atoms with Crippen LogP contribution in [0.5, 0.6) is 0 Å². The van der Waals surface area contributed by atoms with Gasteiger partial charge in [0.15, 0.2) is 0 Å². The van der Waals surface area contributed by atoms with E-state index in [1.165, 1.54) is 32.1 Å². The van der Waals surface area contributed by atoms with Crippen molar-refractivity contribution in [1.29, 1.82) is 0 Å². The SMILES string of the molecule is CC1=C[C](C)([Zr+2][C]2=CC=CC2)C2=C1CCCC2.[Cl-].[Cl-]. The summed E-state index contributed by atoms with van der Waals surface area (Å²) in [6.07, 6.45) is 16.4. The van der Waals surface area contributed by atoms with Crippen LogP contribution in [0.15, 0.2) is 44.3 Å². The molecule has 0 nitrogen and oxygen atoms in total. The molecule has 0 saturated carbocycles. The van der Waals surface area contributed by atoms with E-state index >= 15 is 0 Å². The van der Waals surface area contributed by atoms with Crippen molar-refractivity contribution >= 4 is 0 Å². The molecule has 0 aromatic heterocycles. The van der Waals surface area contributed by atoms with E-state index < -0.39 is 23.2 Å². The van der Waals surface area contributed by atoms with Crippen LogP contribution < -0.4 is 24.8 Å². The van der Waals surface area contributed by atoms with Crippen molar-refractivity contribution in [1.82, 2.24) is 0 Å². The molecule has 19 heavy (non-hydrogen) atoms. The van der Waals surface area contributed by atoms with E-state index in [1.807, 2.05) is 5.57 Å². The first kappa shape index (κ1) is 17.5. The molecule has 0 bridgehead atoms. The number of rotatable bonds is 2. The van der Waals surface area contributed by atoms with Gasteiger partial charge in [0.05, 0.1) is 0 Å². The molecule has 0 aliphatic heterocycles. The van der Waals surface area contributed by atoms with Crippen LogP contribution in [-0.4, -0.2) is 0 Å². The van der Waals surface area contributed by atoms with E-state index in [4.69, 9.17) is 0 Å². The fraction of sp³-hybridized carbons (Fsp3) is 0.500. The zero-order chi connectivity index (χ0) is 11.9. The Morgan fingerprint density at radius 3 is 2.58 bits per heavy atom. The Balaban J connectivity index is 0.000000902. The second-order valence-electron chi connectivity index (χ2n) is 5.64. The van der Waals surface area contributed by atoms with Gasteiger partial charge in [0.1, 0.15) is 0 Å². The van der Waals surface area contributed by atoms with Gasteiger partial charge in [0, 0.05) is 0 Å². The molecule has 3 heteroatoms. The van der Waals surface area contributed by atoms with Gasteiger partial charge in [-0.05, 0) is 0 Å². The monoisotopic (exact) mass is 372 g/mol. The molecular formula is C16H20Cl2Zr. The predicted molar refractivity (Wildman–Crippen MR) is 69.5 cm³/mol. The van der Waals surface area contributed by atoms with Crippen LogP contribution in [0.2, 0.25) is 3.12 Å². The average Bonchev–Trinajstić information content (AvgIpc) is 2.89. The van der Waals surface area contributed by atoms with Gasteiger partial charge < -0.3 is 24.8 Å². The average molecular weight is 374 g/mol. The molecule has 3 aliphatic rings. The fourth-order valence-electron chi connectivity index (χ4n) is 3.51. The van der Waals surface area contributed by atoms with Crippen molar-refractivity contribution in [2.45, 2.75) is 49.1 Å². The van der Waals surface area contributed by atoms with E-state index in [2.05, 4.69) is 38.2 Å². The van der Waals surface area contributed by atoms with Crippen molar-refractivity contribution in [3.8, 4) is 0 Å². The van der Waals surface area contributed by atoms with Crippen molar-refractivity contribution in [3.63, 3.8) is 0 Å². The van der Waals surface area contributed by atoms with Gasteiger partial charge in [-0.3, -0.25) is 0 Å². The number of allylic oxidation sites excluding steroid dienone is 8. The first-order valence-corrected chi connectivity index (χ1v) is 9.21. The van der Waals surface area contributed by atoms with Crippen molar-refractivity contribution in [3.05, 3.63) is 44.3 Å². The molecule has 3 aliphatic carbocycles. The third-order valence-corrected chi connectivity index (χ3v) is 8.34. The molecule has 0 saturated heterocycles. The van der Waals surface area contributed by atoms with Gasteiger partial charge >= 0.3 is 117 Å². The van der Waals surface area contributed by atoms with Crippen LogP contribution in [0.3, 0.4) is 0 Å². The van der Waals surface area contributed by atoms with Crippen LogP contribution in [-0.2, 0) is 23.2 Å². The van der Waals surface area contributed by atoms with E-state index in [0.717, 1.165) is 0 Å². The summed E-state index contributed by atoms with van der Waals surface area (Å²) in [7, 11) is 0. The summed E-state index contributed by atoms with van der Waals surface area (Å²) in [5, 5.41) is 0. The Morgan fingerprint density at radius 1 is 1.16 bits per heavy atom. The van der Waals surface area contributed by atoms with E-state index in [9.17, 15) is 0 Å². The molecule has 3 rings (SSSR count). The first-order chi connectivity index (χ1) is 8.19. The number of halogens is 2. The molecule has 0 N–H and O–H groups in total. The van der Waals surface area contributed by atoms with Crippen LogP contribution in [0.4, 0.5) is 0 Å². The minimum Gasteiger partial charge on any atom is -1.00 e. The Kier molecular flexibility index (Phi) is 6.37. The Hall–Kier alpha value is 0.423. The van der Waals surface area contributed by atoms with Crippen molar-refractivity contribution in [2.24, 2.45) is 0 Å². The third kappa shape index (κ3) is 3.37. The normalized spacial score (nSPS) is 27.9. The van der Waals surface area contributed by atoms with Crippen molar-refractivity contribution in [2.75, 3.05) is 0 Å². The summed E-state index contributed by atoms with van der Waals surface area (Å²) in [5.41, 5.74) is 5.18. The maximum absolute atomic E-state index is 2.62. The molecule has 1 unspecified atom stereocenters. The largest absolute Gasteiger partial charge is 1.00 e. The van der Waals surface area contributed by atoms with E-state index in [-0.39, 0.29) is 24.8 Å². The molecule has 0 radical (unpaired) electrons. The number of hydrogen-bond donors (Lipinski definition) is 0. The summed E-state index contributed by atoms with van der Waals surface area (Å²) < 4.78 is 2.28. The summed E-state index contributed by atoms with van der Waals surface area (Å²) >= 11 is -0.478. The maximum Gasteiger partial charge on any atom is -1.00 e. The van der Waals surface area contributed by atoms with Crippen LogP contribution >= 0.6 is 0 Å². The molecular weight excluding hydrogens is 354 g/mol.